The number of piperazine rings is 1. The van der Waals surface area contributed by atoms with Crippen LogP contribution in [-0.4, -0.2) is 48.5 Å². The summed E-state index contributed by atoms with van der Waals surface area (Å²) < 4.78 is 0.972. The molecule has 0 bridgehead atoms. The molecule has 0 aliphatic carbocycles. The highest BCUT2D eigenvalue weighted by molar-refractivity contribution is 9.10. The average molecular weight is 413 g/mol. The van der Waals surface area contributed by atoms with Crippen molar-refractivity contribution < 1.29 is 4.79 Å². The van der Waals surface area contributed by atoms with Gasteiger partial charge in [-0.3, -0.25) is 9.69 Å². The van der Waals surface area contributed by atoms with Crippen LogP contribution >= 0.6 is 15.9 Å². The summed E-state index contributed by atoms with van der Waals surface area (Å²) in [4.78, 5) is 21.7. The zero-order valence-corrected chi connectivity index (χ0v) is 16.1. The van der Waals surface area contributed by atoms with Gasteiger partial charge in [0.05, 0.1) is 5.56 Å². The van der Waals surface area contributed by atoms with Gasteiger partial charge in [0.1, 0.15) is 5.82 Å². The molecule has 0 unspecified atom stereocenters. The quantitative estimate of drug-likeness (QED) is 0.765. The Kier molecular flexibility index (Phi) is 6.26. The lowest BCUT2D eigenvalue weighted by atomic mass is 10.2. The van der Waals surface area contributed by atoms with E-state index in [-0.39, 0.29) is 5.91 Å². The molecule has 0 radical (unpaired) electrons. The molecule has 26 heavy (non-hydrogen) atoms. The number of halogens is 1. The van der Waals surface area contributed by atoms with Crippen LogP contribution in [0.1, 0.15) is 16.8 Å². The van der Waals surface area contributed by atoms with E-state index >= 15 is 0 Å². The second-order valence-electron chi connectivity index (χ2n) is 6.12. The fourth-order valence-corrected chi connectivity index (χ4v) is 3.23. The lowest BCUT2D eigenvalue weighted by Crippen LogP contribution is -2.47. The molecule has 134 valence electrons. The largest absolute Gasteiger partial charge is 0.353 e. The molecule has 6 heteroatoms. The van der Waals surface area contributed by atoms with E-state index < -0.39 is 0 Å². The SMILES string of the molecule is C#CCCN1CCN(c2ncccc2C(=O)Nc2ccc(Br)cc2)CC1. The van der Waals surface area contributed by atoms with Crippen molar-refractivity contribution in [1.29, 1.82) is 0 Å². The summed E-state index contributed by atoms with van der Waals surface area (Å²) in [6.45, 7) is 4.43. The molecule has 1 aliphatic rings. The molecule has 1 aromatic heterocycles. The van der Waals surface area contributed by atoms with E-state index in [0.29, 0.717) is 5.56 Å². The van der Waals surface area contributed by atoms with E-state index in [1.807, 2.05) is 30.3 Å². The Morgan fingerprint density at radius 3 is 2.62 bits per heavy atom. The van der Waals surface area contributed by atoms with Crippen molar-refractivity contribution in [2.75, 3.05) is 42.9 Å². The maximum Gasteiger partial charge on any atom is 0.259 e. The van der Waals surface area contributed by atoms with Crippen LogP contribution in [0.25, 0.3) is 0 Å². The number of nitrogens with one attached hydrogen (secondary N) is 1. The normalized spacial score (nSPS) is 14.7. The van der Waals surface area contributed by atoms with Crippen LogP contribution in [0.5, 0.6) is 0 Å². The molecular formula is C20H21BrN4O. The number of nitrogens with zero attached hydrogens (tertiary/aromatic N) is 3. The van der Waals surface area contributed by atoms with Crippen LogP contribution in [0.3, 0.4) is 0 Å². The molecule has 1 aromatic carbocycles. The number of anilines is 2. The van der Waals surface area contributed by atoms with Crippen molar-refractivity contribution in [1.82, 2.24) is 9.88 Å². The Morgan fingerprint density at radius 2 is 1.92 bits per heavy atom. The molecule has 2 aromatic rings. The number of pyridine rings is 1. The highest BCUT2D eigenvalue weighted by Gasteiger charge is 2.22. The molecule has 1 fully saturated rings. The van der Waals surface area contributed by atoms with Gasteiger partial charge in [-0.1, -0.05) is 15.9 Å². The van der Waals surface area contributed by atoms with E-state index in [2.05, 4.69) is 42.0 Å². The van der Waals surface area contributed by atoms with Gasteiger partial charge in [0.15, 0.2) is 0 Å². The van der Waals surface area contributed by atoms with Gasteiger partial charge in [-0.05, 0) is 36.4 Å². The molecule has 1 saturated heterocycles. The third-order valence-electron chi connectivity index (χ3n) is 4.38. The van der Waals surface area contributed by atoms with E-state index in [4.69, 9.17) is 6.42 Å². The molecular weight excluding hydrogens is 392 g/mol. The topological polar surface area (TPSA) is 48.5 Å². The second-order valence-corrected chi connectivity index (χ2v) is 7.03. The van der Waals surface area contributed by atoms with Crippen molar-refractivity contribution in [2.45, 2.75) is 6.42 Å². The monoisotopic (exact) mass is 412 g/mol. The minimum absolute atomic E-state index is 0.148. The minimum atomic E-state index is -0.148. The number of terminal acetylenes is 1. The summed E-state index contributed by atoms with van der Waals surface area (Å²) in [5, 5.41) is 2.94. The van der Waals surface area contributed by atoms with Crippen LogP contribution in [0.2, 0.25) is 0 Å². The summed E-state index contributed by atoms with van der Waals surface area (Å²) >= 11 is 3.40. The molecule has 5 nitrogen and oxygen atoms in total. The Bertz CT molecular complexity index is 792. The zero-order chi connectivity index (χ0) is 18.4. The van der Waals surface area contributed by atoms with Gasteiger partial charge in [0.2, 0.25) is 0 Å². The fourth-order valence-electron chi connectivity index (χ4n) is 2.96. The Labute approximate surface area is 162 Å². The average Bonchev–Trinajstić information content (AvgIpc) is 2.68. The third kappa shape index (κ3) is 4.63. The highest BCUT2D eigenvalue weighted by atomic mass is 79.9. The number of hydrogen-bond acceptors (Lipinski definition) is 4. The van der Waals surface area contributed by atoms with Crippen molar-refractivity contribution in [3.05, 3.63) is 52.6 Å². The van der Waals surface area contributed by atoms with Crippen molar-refractivity contribution in [3.63, 3.8) is 0 Å². The molecule has 1 aliphatic heterocycles. The van der Waals surface area contributed by atoms with Gasteiger partial charge in [-0.2, -0.15) is 0 Å². The van der Waals surface area contributed by atoms with Crippen LogP contribution < -0.4 is 10.2 Å². The van der Waals surface area contributed by atoms with E-state index in [0.717, 1.165) is 55.1 Å². The summed E-state index contributed by atoms with van der Waals surface area (Å²) in [6.07, 6.45) is 7.85. The first-order valence-electron chi connectivity index (χ1n) is 8.60. The van der Waals surface area contributed by atoms with Crippen molar-refractivity contribution in [2.24, 2.45) is 0 Å². The summed E-state index contributed by atoms with van der Waals surface area (Å²) in [6, 6.07) is 11.1. The van der Waals surface area contributed by atoms with Gasteiger partial charge in [0.25, 0.3) is 5.91 Å². The van der Waals surface area contributed by atoms with Crippen LogP contribution in [0.15, 0.2) is 47.1 Å². The van der Waals surface area contributed by atoms with Gasteiger partial charge in [-0.15, -0.1) is 12.3 Å². The number of amides is 1. The Hall–Kier alpha value is -2.36. The smallest absolute Gasteiger partial charge is 0.259 e. The number of carbonyl (C=O) groups excluding carboxylic acids is 1. The molecule has 0 atom stereocenters. The van der Waals surface area contributed by atoms with E-state index in [9.17, 15) is 4.79 Å². The Morgan fingerprint density at radius 1 is 1.19 bits per heavy atom. The lowest BCUT2D eigenvalue weighted by Gasteiger charge is -2.35. The van der Waals surface area contributed by atoms with Crippen molar-refractivity contribution in [3.8, 4) is 12.3 Å². The molecule has 3 rings (SSSR count). The van der Waals surface area contributed by atoms with Gasteiger partial charge in [-0.25, -0.2) is 4.98 Å². The summed E-state index contributed by atoms with van der Waals surface area (Å²) in [5.41, 5.74) is 1.35. The Balaban J connectivity index is 1.69. The maximum absolute atomic E-state index is 12.7. The molecule has 0 spiro atoms. The molecule has 1 amide bonds. The summed E-state index contributed by atoms with van der Waals surface area (Å²) in [5.74, 6) is 3.27. The second kappa shape index (κ2) is 8.84. The standard InChI is InChI=1S/C20H21BrN4O/c1-2-3-11-24-12-14-25(15-13-24)19-18(5-4-10-22-19)20(26)23-17-8-6-16(21)7-9-17/h1,4-10H,3,11-15H2,(H,23,26). The fraction of sp³-hybridized carbons (Fsp3) is 0.300. The first-order valence-corrected chi connectivity index (χ1v) is 9.39. The third-order valence-corrected chi connectivity index (χ3v) is 4.91. The number of rotatable bonds is 5. The van der Waals surface area contributed by atoms with Crippen LogP contribution in [-0.2, 0) is 0 Å². The first-order chi connectivity index (χ1) is 12.7. The lowest BCUT2D eigenvalue weighted by molar-refractivity contribution is 0.102. The minimum Gasteiger partial charge on any atom is -0.353 e. The maximum atomic E-state index is 12.7. The summed E-state index contributed by atoms with van der Waals surface area (Å²) in [7, 11) is 0. The predicted octanol–water partition coefficient (Wildman–Crippen LogP) is 3.24. The number of aromatic nitrogens is 1. The highest BCUT2D eigenvalue weighted by Crippen LogP contribution is 2.21. The number of benzene rings is 1. The zero-order valence-electron chi connectivity index (χ0n) is 14.5. The van der Waals surface area contributed by atoms with Gasteiger partial charge in [0, 0.05) is 55.5 Å². The molecule has 0 saturated carbocycles. The van der Waals surface area contributed by atoms with Crippen LogP contribution in [0, 0.1) is 12.3 Å². The van der Waals surface area contributed by atoms with Gasteiger partial charge < -0.3 is 10.2 Å². The van der Waals surface area contributed by atoms with E-state index in [1.54, 1.807) is 12.3 Å². The number of hydrogen-bond donors (Lipinski definition) is 1. The van der Waals surface area contributed by atoms with Crippen molar-refractivity contribution >= 4 is 33.3 Å². The first kappa shape index (κ1) is 18.4. The molecule has 2 heterocycles. The molecule has 1 N–H and O–H groups in total. The number of carbonyl (C=O) groups is 1. The van der Waals surface area contributed by atoms with Gasteiger partial charge >= 0.3 is 0 Å². The van der Waals surface area contributed by atoms with E-state index in [1.165, 1.54) is 0 Å². The predicted molar refractivity (Wildman–Crippen MR) is 108 cm³/mol. The van der Waals surface area contributed by atoms with Crippen LogP contribution in [0.4, 0.5) is 11.5 Å².